The average molecular weight is 310 g/mol. The standard InChI is InChI=1S/C14H15FN2O3S/c1-9-3-4-10(15)7-13(9)20-14-8-11(5-6-12(14)16)21(18,19)17-2/h3-8,17H,16H2,1-2H3. The van der Waals surface area contributed by atoms with E-state index >= 15 is 0 Å². The quantitative estimate of drug-likeness (QED) is 0.850. The third-order valence-electron chi connectivity index (χ3n) is 2.93. The zero-order valence-electron chi connectivity index (χ0n) is 11.6. The number of nitrogens with one attached hydrogen (secondary N) is 1. The number of halogens is 1. The van der Waals surface area contributed by atoms with E-state index in [4.69, 9.17) is 10.5 Å². The second-order valence-corrected chi connectivity index (χ2v) is 6.31. The van der Waals surface area contributed by atoms with Gasteiger partial charge in [-0.3, -0.25) is 0 Å². The first kappa shape index (κ1) is 15.3. The Morgan fingerprint density at radius 1 is 1.14 bits per heavy atom. The molecule has 0 heterocycles. The molecular formula is C14H15FN2O3S. The summed E-state index contributed by atoms with van der Waals surface area (Å²) in [5, 5.41) is 0. The lowest BCUT2D eigenvalue weighted by Crippen LogP contribution is -2.18. The molecule has 0 unspecified atom stereocenters. The van der Waals surface area contributed by atoms with E-state index in [0.717, 1.165) is 0 Å². The van der Waals surface area contributed by atoms with Crippen molar-refractivity contribution in [3.63, 3.8) is 0 Å². The molecule has 5 nitrogen and oxygen atoms in total. The van der Waals surface area contributed by atoms with Crippen LogP contribution in [0.4, 0.5) is 10.1 Å². The van der Waals surface area contributed by atoms with Crippen LogP contribution in [0.2, 0.25) is 0 Å². The Hall–Kier alpha value is -2.12. The Morgan fingerprint density at radius 3 is 2.52 bits per heavy atom. The Balaban J connectivity index is 2.45. The van der Waals surface area contributed by atoms with E-state index in [1.54, 1.807) is 13.0 Å². The van der Waals surface area contributed by atoms with Gasteiger partial charge in [0.15, 0.2) is 5.75 Å². The van der Waals surface area contributed by atoms with Crippen LogP contribution in [0.3, 0.4) is 0 Å². The van der Waals surface area contributed by atoms with E-state index in [-0.39, 0.29) is 22.1 Å². The van der Waals surface area contributed by atoms with Gasteiger partial charge in [-0.2, -0.15) is 0 Å². The largest absolute Gasteiger partial charge is 0.455 e. The highest BCUT2D eigenvalue weighted by atomic mass is 32.2. The minimum Gasteiger partial charge on any atom is -0.455 e. The van der Waals surface area contributed by atoms with Gasteiger partial charge in [0.25, 0.3) is 0 Å². The van der Waals surface area contributed by atoms with Crippen LogP contribution in [-0.2, 0) is 10.0 Å². The Labute approximate surface area is 122 Å². The summed E-state index contributed by atoms with van der Waals surface area (Å²) in [7, 11) is -2.30. The normalized spacial score (nSPS) is 11.4. The summed E-state index contributed by atoms with van der Waals surface area (Å²) < 4.78 is 44.5. The molecule has 21 heavy (non-hydrogen) atoms. The van der Waals surface area contributed by atoms with Crippen LogP contribution in [0.25, 0.3) is 0 Å². The highest BCUT2D eigenvalue weighted by Crippen LogP contribution is 2.31. The number of hydrogen-bond acceptors (Lipinski definition) is 4. The second-order valence-electron chi connectivity index (χ2n) is 4.42. The maximum atomic E-state index is 13.3. The fourth-order valence-electron chi connectivity index (χ4n) is 1.69. The maximum Gasteiger partial charge on any atom is 0.240 e. The molecule has 0 bridgehead atoms. The van der Waals surface area contributed by atoms with Crippen LogP contribution in [0.15, 0.2) is 41.3 Å². The maximum absolute atomic E-state index is 13.3. The van der Waals surface area contributed by atoms with Crippen molar-refractivity contribution in [2.75, 3.05) is 12.8 Å². The predicted octanol–water partition coefficient (Wildman–Crippen LogP) is 2.42. The van der Waals surface area contributed by atoms with Crippen molar-refractivity contribution >= 4 is 15.7 Å². The van der Waals surface area contributed by atoms with Crippen molar-refractivity contribution in [3.05, 3.63) is 47.8 Å². The van der Waals surface area contributed by atoms with Crippen LogP contribution >= 0.6 is 0 Å². The smallest absolute Gasteiger partial charge is 0.240 e. The van der Waals surface area contributed by atoms with Crippen LogP contribution in [0, 0.1) is 12.7 Å². The molecule has 2 aromatic rings. The summed E-state index contributed by atoms with van der Waals surface area (Å²) in [4.78, 5) is 0.0169. The Bertz CT molecular complexity index is 776. The average Bonchev–Trinajstić information content (AvgIpc) is 2.45. The molecule has 0 spiro atoms. The lowest BCUT2D eigenvalue weighted by Gasteiger charge is -2.12. The zero-order chi connectivity index (χ0) is 15.6. The molecular weight excluding hydrogens is 295 g/mol. The molecule has 2 rings (SSSR count). The Morgan fingerprint density at radius 2 is 1.86 bits per heavy atom. The lowest BCUT2D eigenvalue weighted by atomic mass is 10.2. The van der Waals surface area contributed by atoms with Crippen molar-refractivity contribution in [2.24, 2.45) is 0 Å². The molecule has 0 saturated heterocycles. The molecule has 0 aromatic heterocycles. The van der Waals surface area contributed by atoms with Gasteiger partial charge >= 0.3 is 0 Å². The predicted molar refractivity (Wildman–Crippen MR) is 78.3 cm³/mol. The monoisotopic (exact) mass is 310 g/mol. The second kappa shape index (κ2) is 5.71. The molecule has 112 valence electrons. The molecule has 0 aliphatic heterocycles. The van der Waals surface area contributed by atoms with Crippen molar-refractivity contribution < 1.29 is 17.5 Å². The summed E-state index contributed by atoms with van der Waals surface area (Å²) in [6, 6.07) is 8.18. The first-order chi connectivity index (χ1) is 9.83. The summed E-state index contributed by atoms with van der Waals surface area (Å²) >= 11 is 0. The number of benzene rings is 2. The van der Waals surface area contributed by atoms with Gasteiger partial charge in [-0.25, -0.2) is 17.5 Å². The molecule has 0 aliphatic carbocycles. The summed E-state index contributed by atoms with van der Waals surface area (Å²) in [5.74, 6) is -0.0195. The lowest BCUT2D eigenvalue weighted by molar-refractivity contribution is 0.473. The van der Waals surface area contributed by atoms with E-state index in [1.807, 2.05) is 0 Å². The molecule has 0 fully saturated rings. The van der Waals surface area contributed by atoms with Gasteiger partial charge in [-0.1, -0.05) is 6.07 Å². The van der Waals surface area contributed by atoms with Crippen LogP contribution in [-0.4, -0.2) is 15.5 Å². The van der Waals surface area contributed by atoms with Gasteiger partial charge in [0.05, 0.1) is 10.6 Å². The number of hydrogen-bond donors (Lipinski definition) is 2. The third kappa shape index (κ3) is 3.32. The van der Waals surface area contributed by atoms with Gasteiger partial charge in [0.1, 0.15) is 11.6 Å². The molecule has 0 aliphatic rings. The van der Waals surface area contributed by atoms with E-state index in [1.165, 1.54) is 37.4 Å². The van der Waals surface area contributed by atoms with Crippen molar-refractivity contribution in [2.45, 2.75) is 11.8 Å². The molecule has 3 N–H and O–H groups in total. The number of nitrogen functional groups attached to an aromatic ring is 1. The number of rotatable bonds is 4. The first-order valence-electron chi connectivity index (χ1n) is 6.10. The van der Waals surface area contributed by atoms with Gasteiger partial charge in [0.2, 0.25) is 10.0 Å². The van der Waals surface area contributed by atoms with Gasteiger partial charge in [0, 0.05) is 12.1 Å². The fourth-order valence-corrected chi connectivity index (χ4v) is 2.44. The van der Waals surface area contributed by atoms with Crippen molar-refractivity contribution in [1.82, 2.24) is 4.72 Å². The number of ether oxygens (including phenoxy) is 1. The third-order valence-corrected chi connectivity index (χ3v) is 4.35. The topological polar surface area (TPSA) is 81.4 Å². The van der Waals surface area contributed by atoms with Gasteiger partial charge < -0.3 is 10.5 Å². The summed E-state index contributed by atoms with van der Waals surface area (Å²) in [6.45, 7) is 1.75. The number of sulfonamides is 1. The molecule has 0 saturated carbocycles. The number of nitrogens with two attached hydrogens (primary N) is 1. The summed E-state index contributed by atoms with van der Waals surface area (Å²) in [6.07, 6.45) is 0. The molecule has 0 amide bonds. The molecule has 2 aromatic carbocycles. The van der Waals surface area contributed by atoms with Crippen LogP contribution < -0.4 is 15.2 Å². The van der Waals surface area contributed by atoms with Gasteiger partial charge in [-0.15, -0.1) is 0 Å². The minimum absolute atomic E-state index is 0.0169. The van der Waals surface area contributed by atoms with E-state index < -0.39 is 15.8 Å². The van der Waals surface area contributed by atoms with Crippen molar-refractivity contribution in [3.8, 4) is 11.5 Å². The summed E-state index contributed by atoms with van der Waals surface area (Å²) in [5.41, 5.74) is 6.74. The zero-order valence-corrected chi connectivity index (χ0v) is 12.4. The number of aryl methyl sites for hydroxylation is 1. The van der Waals surface area contributed by atoms with E-state index in [2.05, 4.69) is 4.72 Å². The Kier molecular flexibility index (Phi) is 4.15. The minimum atomic E-state index is -3.61. The fraction of sp³-hybridized carbons (Fsp3) is 0.143. The SMILES string of the molecule is CNS(=O)(=O)c1ccc(N)c(Oc2cc(F)ccc2C)c1. The van der Waals surface area contributed by atoms with E-state index in [9.17, 15) is 12.8 Å². The highest BCUT2D eigenvalue weighted by molar-refractivity contribution is 7.89. The first-order valence-corrected chi connectivity index (χ1v) is 7.59. The number of anilines is 1. The van der Waals surface area contributed by atoms with Crippen LogP contribution in [0.1, 0.15) is 5.56 Å². The molecule has 0 atom stereocenters. The van der Waals surface area contributed by atoms with Gasteiger partial charge in [-0.05, 0) is 37.7 Å². The molecule has 0 radical (unpaired) electrons. The highest BCUT2D eigenvalue weighted by Gasteiger charge is 2.15. The van der Waals surface area contributed by atoms with Crippen molar-refractivity contribution in [1.29, 1.82) is 0 Å². The molecule has 7 heteroatoms. The van der Waals surface area contributed by atoms with Crippen LogP contribution in [0.5, 0.6) is 11.5 Å². The van der Waals surface area contributed by atoms with E-state index in [0.29, 0.717) is 5.56 Å².